The molecule has 5 heteroatoms. The zero-order valence-electron chi connectivity index (χ0n) is 14.1. The van der Waals surface area contributed by atoms with E-state index in [0.717, 1.165) is 16.7 Å². The van der Waals surface area contributed by atoms with Crippen molar-refractivity contribution in [2.75, 3.05) is 13.2 Å². The molecular formula is C18H28O5. The van der Waals surface area contributed by atoms with E-state index < -0.39 is 12.0 Å². The highest BCUT2D eigenvalue weighted by Gasteiger charge is 2.35. The first-order valence-electron chi connectivity index (χ1n) is 8.23. The van der Waals surface area contributed by atoms with E-state index in [9.17, 15) is 25.5 Å². The van der Waals surface area contributed by atoms with Crippen LogP contribution in [-0.2, 0) is 0 Å². The van der Waals surface area contributed by atoms with Gasteiger partial charge in [0.2, 0.25) is 0 Å². The zero-order chi connectivity index (χ0) is 17.3. The molecule has 0 bridgehead atoms. The lowest BCUT2D eigenvalue weighted by atomic mass is 9.75. The first-order chi connectivity index (χ1) is 10.8. The standard InChI is InChI=1S/C18H28O5/c1-9-4-12(17(22)14(7-19)11(9)3)6-13-5-10(2)16(21)15(8-20)18(13)23/h9-10,15-16,19-23H,4-8H2,1-3H3/t9-,10?,15?,16?/m0/s1. The maximum Gasteiger partial charge on any atom is 0.120 e. The van der Waals surface area contributed by atoms with Gasteiger partial charge in [0.1, 0.15) is 5.76 Å². The van der Waals surface area contributed by atoms with Crippen LogP contribution in [0.25, 0.3) is 0 Å². The number of hydrogen-bond acceptors (Lipinski definition) is 5. The summed E-state index contributed by atoms with van der Waals surface area (Å²) in [7, 11) is 0. The minimum Gasteiger partial charge on any atom is -0.512 e. The highest BCUT2D eigenvalue weighted by Crippen LogP contribution is 2.40. The molecule has 0 aromatic heterocycles. The van der Waals surface area contributed by atoms with E-state index in [-0.39, 0.29) is 36.6 Å². The van der Waals surface area contributed by atoms with Crippen LogP contribution in [0, 0.1) is 17.8 Å². The molecule has 0 amide bonds. The van der Waals surface area contributed by atoms with Crippen LogP contribution in [0.3, 0.4) is 0 Å². The third-order valence-electron chi connectivity index (χ3n) is 5.45. The lowest BCUT2D eigenvalue weighted by Crippen LogP contribution is -2.36. The van der Waals surface area contributed by atoms with Crippen molar-refractivity contribution in [3.63, 3.8) is 0 Å². The van der Waals surface area contributed by atoms with E-state index in [1.165, 1.54) is 0 Å². The summed E-state index contributed by atoms with van der Waals surface area (Å²) in [5.41, 5.74) is 3.12. The molecule has 3 unspecified atom stereocenters. The molecule has 0 spiro atoms. The summed E-state index contributed by atoms with van der Waals surface area (Å²) in [5.74, 6) is -0.319. The van der Waals surface area contributed by atoms with Crippen LogP contribution >= 0.6 is 0 Å². The quantitative estimate of drug-likeness (QED) is 0.546. The highest BCUT2D eigenvalue weighted by atomic mass is 16.3. The first kappa shape index (κ1) is 18.0. The lowest BCUT2D eigenvalue weighted by molar-refractivity contribution is 0.0143. The van der Waals surface area contributed by atoms with Crippen molar-refractivity contribution in [3.05, 3.63) is 33.8 Å². The monoisotopic (exact) mass is 324 g/mol. The molecule has 4 atom stereocenters. The van der Waals surface area contributed by atoms with Gasteiger partial charge in [-0.05, 0) is 49.2 Å². The Morgan fingerprint density at radius 1 is 1.04 bits per heavy atom. The van der Waals surface area contributed by atoms with Gasteiger partial charge >= 0.3 is 0 Å². The number of aliphatic hydroxyl groups is 5. The van der Waals surface area contributed by atoms with E-state index >= 15 is 0 Å². The summed E-state index contributed by atoms with van der Waals surface area (Å²) in [5, 5.41) is 49.8. The van der Waals surface area contributed by atoms with Crippen molar-refractivity contribution in [3.8, 4) is 0 Å². The van der Waals surface area contributed by atoms with Gasteiger partial charge in [-0.15, -0.1) is 0 Å². The largest absolute Gasteiger partial charge is 0.512 e. The van der Waals surface area contributed by atoms with Gasteiger partial charge in [0.05, 0.1) is 31.0 Å². The molecule has 0 saturated heterocycles. The summed E-state index contributed by atoms with van der Waals surface area (Å²) >= 11 is 0. The van der Waals surface area contributed by atoms with E-state index in [1.807, 2.05) is 13.8 Å². The average molecular weight is 324 g/mol. The molecule has 2 aliphatic carbocycles. The van der Waals surface area contributed by atoms with Crippen molar-refractivity contribution in [2.45, 2.75) is 46.1 Å². The van der Waals surface area contributed by atoms with Gasteiger partial charge in [-0.1, -0.05) is 19.4 Å². The Balaban J connectivity index is 2.34. The molecule has 2 aliphatic rings. The Hall–Kier alpha value is -1.30. The van der Waals surface area contributed by atoms with E-state index in [0.29, 0.717) is 24.8 Å². The Morgan fingerprint density at radius 3 is 2.26 bits per heavy atom. The average Bonchev–Trinajstić information content (AvgIpc) is 2.51. The minimum atomic E-state index is -0.758. The molecule has 2 rings (SSSR count). The maximum absolute atomic E-state index is 10.4. The summed E-state index contributed by atoms with van der Waals surface area (Å²) in [6.45, 7) is 5.35. The van der Waals surface area contributed by atoms with Crippen LogP contribution in [0.2, 0.25) is 0 Å². The van der Waals surface area contributed by atoms with Gasteiger partial charge < -0.3 is 25.5 Å². The van der Waals surface area contributed by atoms with Crippen molar-refractivity contribution in [2.24, 2.45) is 17.8 Å². The molecule has 0 aliphatic heterocycles. The summed E-state index contributed by atoms with van der Waals surface area (Å²) in [6.07, 6.45) is 0.864. The van der Waals surface area contributed by atoms with E-state index in [2.05, 4.69) is 6.92 Å². The van der Waals surface area contributed by atoms with Gasteiger partial charge in [-0.25, -0.2) is 0 Å². The lowest BCUT2D eigenvalue weighted by Gasteiger charge is -2.34. The number of hydrogen-bond donors (Lipinski definition) is 5. The van der Waals surface area contributed by atoms with Gasteiger partial charge in [0.25, 0.3) is 0 Å². The van der Waals surface area contributed by atoms with Gasteiger partial charge in [0.15, 0.2) is 0 Å². The third kappa shape index (κ3) is 3.32. The highest BCUT2D eigenvalue weighted by molar-refractivity contribution is 5.41. The molecule has 130 valence electrons. The first-order valence-corrected chi connectivity index (χ1v) is 8.23. The van der Waals surface area contributed by atoms with Crippen molar-refractivity contribution in [1.29, 1.82) is 0 Å². The second kappa shape index (κ2) is 7.07. The van der Waals surface area contributed by atoms with Gasteiger partial charge in [-0.3, -0.25) is 0 Å². The van der Waals surface area contributed by atoms with Crippen molar-refractivity contribution >= 4 is 0 Å². The molecule has 0 aromatic rings. The SMILES string of the molecule is CC1=C(CO)C(O)=C(CC2=C(O)C(CO)C(O)C(C)C2)C[C@@H]1C. The summed E-state index contributed by atoms with van der Waals surface area (Å²) in [4.78, 5) is 0. The van der Waals surface area contributed by atoms with Gasteiger partial charge in [-0.2, -0.15) is 0 Å². The predicted molar refractivity (Wildman–Crippen MR) is 87.9 cm³/mol. The molecule has 0 fully saturated rings. The van der Waals surface area contributed by atoms with Crippen LogP contribution in [0.4, 0.5) is 0 Å². The van der Waals surface area contributed by atoms with Gasteiger partial charge in [0, 0.05) is 5.57 Å². The molecule has 5 N–H and O–H groups in total. The molecule has 0 radical (unpaired) electrons. The number of aliphatic hydroxyl groups excluding tert-OH is 5. The Bertz CT molecular complexity index is 558. The summed E-state index contributed by atoms with van der Waals surface area (Å²) in [6, 6.07) is 0. The molecule has 5 nitrogen and oxygen atoms in total. The van der Waals surface area contributed by atoms with Crippen LogP contribution in [0.5, 0.6) is 0 Å². The molecule has 0 saturated carbocycles. The smallest absolute Gasteiger partial charge is 0.120 e. The fourth-order valence-corrected chi connectivity index (χ4v) is 3.72. The maximum atomic E-state index is 10.4. The number of rotatable bonds is 4. The van der Waals surface area contributed by atoms with E-state index in [1.54, 1.807) is 0 Å². The van der Waals surface area contributed by atoms with Crippen LogP contribution in [0.1, 0.15) is 40.0 Å². The van der Waals surface area contributed by atoms with Crippen molar-refractivity contribution < 1.29 is 25.5 Å². The third-order valence-corrected chi connectivity index (χ3v) is 5.45. The minimum absolute atomic E-state index is 0.0443. The molecule has 23 heavy (non-hydrogen) atoms. The van der Waals surface area contributed by atoms with Crippen LogP contribution in [0.15, 0.2) is 33.8 Å². The topological polar surface area (TPSA) is 101 Å². The molecule has 0 heterocycles. The Kier molecular flexibility index (Phi) is 5.55. The fourth-order valence-electron chi connectivity index (χ4n) is 3.72. The zero-order valence-corrected chi connectivity index (χ0v) is 14.1. The molecular weight excluding hydrogens is 296 g/mol. The normalized spacial score (nSPS) is 32.8. The van der Waals surface area contributed by atoms with Crippen LogP contribution in [-0.4, -0.2) is 44.9 Å². The summed E-state index contributed by atoms with van der Waals surface area (Å²) < 4.78 is 0. The number of allylic oxidation sites excluding steroid dienone is 3. The Labute approximate surface area is 137 Å². The second-order valence-electron chi connectivity index (χ2n) is 7.00. The second-order valence-corrected chi connectivity index (χ2v) is 7.00. The van der Waals surface area contributed by atoms with Crippen molar-refractivity contribution in [1.82, 2.24) is 0 Å². The molecule has 0 aromatic carbocycles. The predicted octanol–water partition coefficient (Wildman–Crippen LogP) is 2.36. The van der Waals surface area contributed by atoms with E-state index in [4.69, 9.17) is 0 Å². The van der Waals surface area contributed by atoms with Crippen LogP contribution < -0.4 is 0 Å². The Morgan fingerprint density at radius 2 is 1.70 bits per heavy atom. The fraction of sp³-hybridized carbons (Fsp3) is 0.667.